The molecular formula is C21H17ClN6O. The summed E-state index contributed by atoms with van der Waals surface area (Å²) < 4.78 is 3.39. The number of hydrogen-bond acceptors (Lipinski definition) is 5. The first kappa shape index (κ1) is 18.8. The van der Waals surface area contributed by atoms with Gasteiger partial charge >= 0.3 is 0 Å². The van der Waals surface area contributed by atoms with Crippen molar-refractivity contribution < 1.29 is 4.79 Å². The van der Waals surface area contributed by atoms with Crippen LogP contribution in [0, 0.1) is 25.2 Å². The van der Waals surface area contributed by atoms with Gasteiger partial charge in [-0.1, -0.05) is 23.7 Å². The number of carbonyl (C=O) groups excluding carboxylic acids is 1. The van der Waals surface area contributed by atoms with E-state index in [1.807, 2.05) is 44.2 Å². The summed E-state index contributed by atoms with van der Waals surface area (Å²) in [5, 5.41) is 14.3. The number of fused-ring (bicyclic) bond motifs is 1. The smallest absolute Gasteiger partial charge is 0.207 e. The lowest BCUT2D eigenvalue weighted by atomic mass is 10.0. The summed E-state index contributed by atoms with van der Waals surface area (Å²) in [4.78, 5) is 22.2. The largest absolute Gasteiger partial charge is 0.330 e. The van der Waals surface area contributed by atoms with E-state index in [9.17, 15) is 10.1 Å². The van der Waals surface area contributed by atoms with E-state index in [0.717, 1.165) is 16.9 Å². The van der Waals surface area contributed by atoms with Gasteiger partial charge in [-0.05, 0) is 44.2 Å². The first-order valence-corrected chi connectivity index (χ1v) is 9.34. The number of halogens is 1. The summed E-state index contributed by atoms with van der Waals surface area (Å²) in [6.07, 6.45) is 0. The minimum Gasteiger partial charge on any atom is -0.330 e. The number of ketones is 1. The molecule has 0 saturated heterocycles. The Kier molecular flexibility index (Phi) is 4.65. The molecule has 8 heteroatoms. The quantitative estimate of drug-likeness (QED) is 0.481. The van der Waals surface area contributed by atoms with Crippen molar-refractivity contribution in [3.8, 4) is 11.9 Å². The molecule has 0 aliphatic carbocycles. The van der Waals surface area contributed by atoms with E-state index in [1.54, 1.807) is 28.4 Å². The molecule has 1 unspecified atom stereocenters. The molecule has 3 heterocycles. The zero-order valence-electron chi connectivity index (χ0n) is 16.1. The molecule has 0 N–H and O–H groups in total. The maximum Gasteiger partial charge on any atom is 0.207 e. The van der Waals surface area contributed by atoms with E-state index in [1.165, 1.54) is 0 Å². The van der Waals surface area contributed by atoms with Crippen LogP contribution in [0.4, 0.5) is 0 Å². The minimum atomic E-state index is -1.13. The van der Waals surface area contributed by atoms with E-state index < -0.39 is 11.7 Å². The van der Waals surface area contributed by atoms with Crippen molar-refractivity contribution >= 4 is 28.4 Å². The fourth-order valence-corrected chi connectivity index (χ4v) is 3.57. The Labute approximate surface area is 172 Å². The highest BCUT2D eigenvalue weighted by molar-refractivity contribution is 6.34. The van der Waals surface area contributed by atoms with Gasteiger partial charge in [0.15, 0.2) is 11.7 Å². The third kappa shape index (κ3) is 3.18. The van der Waals surface area contributed by atoms with Crippen LogP contribution in [0.1, 0.15) is 33.6 Å². The van der Waals surface area contributed by atoms with Crippen molar-refractivity contribution in [1.29, 1.82) is 5.26 Å². The van der Waals surface area contributed by atoms with Crippen LogP contribution in [0.25, 0.3) is 16.9 Å². The van der Waals surface area contributed by atoms with Gasteiger partial charge in [0.25, 0.3) is 0 Å². The Morgan fingerprint density at radius 3 is 2.59 bits per heavy atom. The third-order valence-electron chi connectivity index (χ3n) is 4.76. The molecule has 1 atom stereocenters. The lowest BCUT2D eigenvalue weighted by Gasteiger charge is -2.11. The Morgan fingerprint density at radius 2 is 1.93 bits per heavy atom. The highest BCUT2D eigenvalue weighted by Crippen LogP contribution is 2.27. The van der Waals surface area contributed by atoms with Gasteiger partial charge in [-0.15, -0.1) is 0 Å². The summed E-state index contributed by atoms with van der Waals surface area (Å²) in [6.45, 7) is 3.78. The molecule has 0 radical (unpaired) electrons. The predicted molar refractivity (Wildman–Crippen MR) is 109 cm³/mol. The molecule has 7 nitrogen and oxygen atoms in total. The van der Waals surface area contributed by atoms with Crippen LogP contribution >= 0.6 is 11.6 Å². The number of benzene rings is 1. The Balaban J connectivity index is 1.80. The van der Waals surface area contributed by atoms with Crippen LogP contribution in [-0.2, 0) is 7.05 Å². The summed E-state index contributed by atoms with van der Waals surface area (Å²) >= 11 is 6.28. The number of pyridine rings is 1. The zero-order chi connectivity index (χ0) is 20.7. The Bertz CT molecular complexity index is 1300. The first-order valence-electron chi connectivity index (χ1n) is 8.96. The average molecular weight is 405 g/mol. The monoisotopic (exact) mass is 404 g/mol. The van der Waals surface area contributed by atoms with Gasteiger partial charge in [-0.2, -0.15) is 10.4 Å². The maximum absolute atomic E-state index is 13.2. The molecule has 0 spiro atoms. The molecule has 4 rings (SSSR count). The van der Waals surface area contributed by atoms with Crippen LogP contribution in [0.2, 0.25) is 5.02 Å². The summed E-state index contributed by atoms with van der Waals surface area (Å²) in [7, 11) is 1.78. The third-order valence-corrected chi connectivity index (χ3v) is 5.07. The number of rotatable bonds is 4. The second-order valence-electron chi connectivity index (χ2n) is 6.78. The zero-order valence-corrected chi connectivity index (χ0v) is 16.8. The SMILES string of the molecule is Cc1cc(C)n(-c2ccc(Cl)c(C(=O)C(C#N)c3nc4ccccc4n3C)n2)n1. The van der Waals surface area contributed by atoms with Crippen LogP contribution in [0.3, 0.4) is 0 Å². The molecule has 0 amide bonds. The average Bonchev–Trinajstić information content (AvgIpc) is 3.22. The molecule has 0 aliphatic rings. The van der Waals surface area contributed by atoms with E-state index >= 15 is 0 Å². The normalized spacial score (nSPS) is 12.1. The van der Waals surface area contributed by atoms with Crippen LogP contribution in [0.5, 0.6) is 0 Å². The van der Waals surface area contributed by atoms with Gasteiger partial charge in [0.05, 0.1) is 27.8 Å². The number of nitrogens with zero attached hydrogens (tertiary/aromatic N) is 6. The van der Waals surface area contributed by atoms with Gasteiger partial charge in [0.2, 0.25) is 5.78 Å². The summed E-state index contributed by atoms with van der Waals surface area (Å²) in [6, 6.07) is 14.7. The van der Waals surface area contributed by atoms with Crippen molar-refractivity contribution in [2.75, 3.05) is 0 Å². The molecule has 3 aromatic heterocycles. The van der Waals surface area contributed by atoms with Gasteiger partial charge in [0, 0.05) is 12.7 Å². The molecule has 0 bridgehead atoms. The maximum atomic E-state index is 13.2. The molecule has 4 aromatic rings. The lowest BCUT2D eigenvalue weighted by molar-refractivity contribution is 0.0970. The number of imidazole rings is 1. The first-order chi connectivity index (χ1) is 13.9. The molecule has 144 valence electrons. The van der Waals surface area contributed by atoms with Gasteiger partial charge in [0.1, 0.15) is 11.5 Å². The van der Waals surface area contributed by atoms with E-state index in [-0.39, 0.29) is 10.7 Å². The molecule has 1 aromatic carbocycles. The Hall–Kier alpha value is -3.50. The molecule has 0 fully saturated rings. The number of para-hydroxylation sites is 2. The topological polar surface area (TPSA) is 89.4 Å². The summed E-state index contributed by atoms with van der Waals surface area (Å²) in [5.41, 5.74) is 3.29. The van der Waals surface area contributed by atoms with E-state index in [4.69, 9.17) is 11.6 Å². The number of aryl methyl sites for hydroxylation is 3. The number of aromatic nitrogens is 5. The highest BCUT2D eigenvalue weighted by atomic mass is 35.5. The number of hydrogen-bond donors (Lipinski definition) is 0. The van der Waals surface area contributed by atoms with Crippen LogP contribution < -0.4 is 0 Å². The van der Waals surface area contributed by atoms with Crippen LogP contribution in [0.15, 0.2) is 42.5 Å². The van der Waals surface area contributed by atoms with Crippen molar-refractivity contribution in [3.05, 3.63) is 70.4 Å². The Morgan fingerprint density at radius 1 is 1.17 bits per heavy atom. The number of carbonyl (C=O) groups is 1. The number of Topliss-reactive ketones (excluding diaryl/α,β-unsaturated/α-hetero) is 1. The van der Waals surface area contributed by atoms with Crippen molar-refractivity contribution in [3.63, 3.8) is 0 Å². The van der Waals surface area contributed by atoms with Crippen molar-refractivity contribution in [2.24, 2.45) is 7.05 Å². The van der Waals surface area contributed by atoms with E-state index in [2.05, 4.69) is 21.1 Å². The fourth-order valence-electron chi connectivity index (χ4n) is 3.38. The standard InChI is InChI=1S/C21H17ClN6O/c1-12-10-13(2)28(26-12)18-9-8-15(22)19(25-18)20(29)14(11-23)21-24-16-6-4-5-7-17(16)27(21)3/h4-10,14H,1-3H3. The predicted octanol–water partition coefficient (Wildman–Crippen LogP) is 3.91. The van der Waals surface area contributed by atoms with Crippen molar-refractivity contribution in [1.82, 2.24) is 24.3 Å². The molecule has 29 heavy (non-hydrogen) atoms. The number of nitriles is 1. The van der Waals surface area contributed by atoms with Gasteiger partial charge < -0.3 is 4.57 Å². The second-order valence-corrected chi connectivity index (χ2v) is 7.19. The highest BCUT2D eigenvalue weighted by Gasteiger charge is 2.30. The molecule has 0 saturated carbocycles. The van der Waals surface area contributed by atoms with Crippen LogP contribution in [-0.4, -0.2) is 30.1 Å². The fraction of sp³-hybridized carbons (Fsp3) is 0.190. The van der Waals surface area contributed by atoms with E-state index in [0.29, 0.717) is 17.2 Å². The molecular weight excluding hydrogens is 388 g/mol. The second kappa shape index (κ2) is 7.15. The molecule has 0 aliphatic heterocycles. The van der Waals surface area contributed by atoms with Crippen molar-refractivity contribution in [2.45, 2.75) is 19.8 Å². The van der Waals surface area contributed by atoms with Gasteiger partial charge in [-0.3, -0.25) is 4.79 Å². The van der Waals surface area contributed by atoms with Gasteiger partial charge in [-0.25, -0.2) is 14.6 Å². The minimum absolute atomic E-state index is 0.0234. The summed E-state index contributed by atoms with van der Waals surface area (Å²) in [5.74, 6) is -0.814. The lowest BCUT2D eigenvalue weighted by Crippen LogP contribution is -2.18.